The zero-order chi connectivity index (χ0) is 16.4. The molecule has 0 N–H and O–H groups in total. The summed E-state index contributed by atoms with van der Waals surface area (Å²) in [5.74, 6) is 1.55. The Bertz CT molecular complexity index is 613. The number of nitrogens with zero attached hydrogens (tertiary/aromatic N) is 5. The Morgan fingerprint density at radius 1 is 1.35 bits per heavy atom. The van der Waals surface area contributed by atoms with E-state index in [4.69, 9.17) is 4.52 Å². The predicted octanol–water partition coefficient (Wildman–Crippen LogP) is 2.25. The lowest BCUT2D eigenvalue weighted by molar-refractivity contribution is 0.00490. The Morgan fingerprint density at radius 2 is 2.17 bits per heavy atom. The molecule has 0 aromatic carbocycles. The van der Waals surface area contributed by atoms with Gasteiger partial charge < -0.3 is 14.3 Å². The van der Waals surface area contributed by atoms with Crippen molar-refractivity contribution in [3.05, 3.63) is 29.4 Å². The van der Waals surface area contributed by atoms with Gasteiger partial charge in [0, 0.05) is 32.3 Å². The van der Waals surface area contributed by atoms with Crippen LogP contribution < -0.4 is 0 Å². The molecule has 8 heteroatoms. The third-order valence-electron chi connectivity index (χ3n) is 4.00. The summed E-state index contributed by atoms with van der Waals surface area (Å²) in [6.45, 7) is 0.886. The second kappa shape index (κ2) is 6.55. The Kier molecular flexibility index (Phi) is 4.49. The summed E-state index contributed by atoms with van der Waals surface area (Å²) in [6, 6.07) is 1.94. The zero-order valence-corrected chi connectivity index (χ0v) is 13.4. The van der Waals surface area contributed by atoms with Gasteiger partial charge in [-0.3, -0.25) is 4.90 Å². The maximum atomic E-state index is 13.0. The molecule has 1 aromatic heterocycles. The monoisotopic (exact) mass is 325 g/mol. The van der Waals surface area contributed by atoms with Crippen molar-refractivity contribution in [3.63, 3.8) is 0 Å². The number of aromatic nitrogens is 1. The van der Waals surface area contributed by atoms with E-state index in [1.807, 2.05) is 24.9 Å². The molecule has 0 saturated carbocycles. The fourth-order valence-electron chi connectivity index (χ4n) is 2.88. The summed E-state index contributed by atoms with van der Waals surface area (Å²) < 4.78 is 31.2. The van der Waals surface area contributed by atoms with Gasteiger partial charge in [0.2, 0.25) is 0 Å². The molecule has 23 heavy (non-hydrogen) atoms. The van der Waals surface area contributed by atoms with Crippen molar-refractivity contribution < 1.29 is 13.3 Å². The van der Waals surface area contributed by atoms with Crippen LogP contribution in [0.25, 0.3) is 0 Å². The number of aliphatic imine (C=N–C) groups is 1. The number of likely N-dealkylation sites (N-methyl/N-ethyl adjacent to an activating group) is 1. The molecule has 6 nitrogen and oxygen atoms in total. The van der Waals surface area contributed by atoms with E-state index in [1.165, 1.54) is 0 Å². The number of rotatable bonds is 6. The molecule has 3 heterocycles. The molecular weight excluding hydrogens is 304 g/mol. The molecule has 0 atom stereocenters. The van der Waals surface area contributed by atoms with Crippen LogP contribution in [0.3, 0.4) is 0 Å². The fourth-order valence-corrected chi connectivity index (χ4v) is 2.88. The highest BCUT2D eigenvalue weighted by molar-refractivity contribution is 5.99. The molecule has 0 radical (unpaired) electrons. The Balaban J connectivity index is 1.53. The molecule has 0 amide bonds. The number of hydrogen-bond donors (Lipinski definition) is 0. The average molecular weight is 325 g/mol. The smallest absolute Gasteiger partial charge is 0.316 e. The van der Waals surface area contributed by atoms with Crippen molar-refractivity contribution in [3.8, 4) is 0 Å². The highest BCUT2D eigenvalue weighted by atomic mass is 19.3. The molecule has 126 valence electrons. The second-order valence-corrected chi connectivity index (χ2v) is 5.93. The molecule has 0 bridgehead atoms. The first kappa shape index (κ1) is 15.8. The van der Waals surface area contributed by atoms with Gasteiger partial charge in [-0.2, -0.15) is 8.78 Å². The van der Waals surface area contributed by atoms with Crippen LogP contribution in [0.1, 0.15) is 24.3 Å². The van der Waals surface area contributed by atoms with Crippen molar-refractivity contribution in [2.24, 2.45) is 4.99 Å². The minimum absolute atomic E-state index is 0.0296. The molecule has 0 fully saturated rings. The number of halogens is 2. The quantitative estimate of drug-likeness (QED) is 0.593. The first-order valence-electron chi connectivity index (χ1n) is 7.73. The summed E-state index contributed by atoms with van der Waals surface area (Å²) in [5.41, 5.74) is 1.40. The lowest BCUT2D eigenvalue weighted by Gasteiger charge is -2.35. The van der Waals surface area contributed by atoms with Gasteiger partial charge in [-0.1, -0.05) is 5.16 Å². The topological polar surface area (TPSA) is 48.1 Å². The summed E-state index contributed by atoms with van der Waals surface area (Å²) in [6.07, 6.45) is 4.57. The highest BCUT2D eigenvalue weighted by Crippen LogP contribution is 2.25. The van der Waals surface area contributed by atoms with Gasteiger partial charge in [0.1, 0.15) is 18.1 Å². The number of unbranched alkanes of at least 4 members (excludes halogenated alkanes) is 1. The van der Waals surface area contributed by atoms with E-state index in [2.05, 4.69) is 15.0 Å². The number of aryl methyl sites for hydroxylation is 2. The van der Waals surface area contributed by atoms with Crippen molar-refractivity contribution in [1.29, 1.82) is 0 Å². The van der Waals surface area contributed by atoms with Gasteiger partial charge in [0.05, 0.1) is 12.4 Å². The first-order chi connectivity index (χ1) is 11.0. The third kappa shape index (κ3) is 3.46. The predicted molar refractivity (Wildman–Crippen MR) is 81.7 cm³/mol. The summed E-state index contributed by atoms with van der Waals surface area (Å²) >= 11 is 0. The lowest BCUT2D eigenvalue weighted by atomic mass is 10.2. The van der Waals surface area contributed by atoms with Crippen molar-refractivity contribution in [2.75, 3.05) is 26.9 Å². The van der Waals surface area contributed by atoms with Crippen molar-refractivity contribution in [2.45, 2.75) is 32.7 Å². The third-order valence-corrected chi connectivity index (χ3v) is 4.00. The highest BCUT2D eigenvalue weighted by Gasteiger charge is 2.33. The number of amidine groups is 1. The molecule has 1 aromatic rings. The van der Waals surface area contributed by atoms with Gasteiger partial charge in [0.25, 0.3) is 0 Å². The van der Waals surface area contributed by atoms with E-state index in [0.29, 0.717) is 18.2 Å². The van der Waals surface area contributed by atoms with Crippen LogP contribution in [0, 0.1) is 6.92 Å². The maximum Gasteiger partial charge on any atom is 0.316 e. The molecule has 3 rings (SSSR count). The molecular formula is C15H21F2N5O. The Labute approximate surface area is 134 Å². The van der Waals surface area contributed by atoms with Crippen LogP contribution in [-0.2, 0) is 6.42 Å². The van der Waals surface area contributed by atoms with E-state index in [9.17, 15) is 8.78 Å². The van der Waals surface area contributed by atoms with Crippen LogP contribution in [0.2, 0.25) is 0 Å². The molecule has 2 aliphatic rings. The van der Waals surface area contributed by atoms with Gasteiger partial charge in [-0.15, -0.1) is 0 Å². The van der Waals surface area contributed by atoms with E-state index in [-0.39, 0.29) is 6.67 Å². The standard InChI is InChI=1S/C15H21F2N5O/c1-11-7-12(23-19-11)5-3-4-6-21-8-13-14(20(2)10-21)18-9-22(13)15(16)17/h7-8,15H,3-6,9-10H2,1-2H3. The lowest BCUT2D eigenvalue weighted by Crippen LogP contribution is -2.44. The minimum atomic E-state index is -2.52. The summed E-state index contributed by atoms with van der Waals surface area (Å²) in [7, 11) is 1.88. The van der Waals surface area contributed by atoms with Gasteiger partial charge in [-0.25, -0.2) is 4.99 Å². The first-order valence-corrected chi connectivity index (χ1v) is 7.73. The van der Waals surface area contributed by atoms with Gasteiger partial charge in [0.15, 0.2) is 5.84 Å². The largest absolute Gasteiger partial charge is 0.361 e. The van der Waals surface area contributed by atoms with Crippen LogP contribution in [0.15, 0.2) is 27.5 Å². The van der Waals surface area contributed by atoms with Crippen molar-refractivity contribution >= 4 is 5.84 Å². The maximum absolute atomic E-state index is 13.0. The second-order valence-electron chi connectivity index (χ2n) is 5.93. The van der Waals surface area contributed by atoms with Gasteiger partial charge >= 0.3 is 6.55 Å². The summed E-state index contributed by atoms with van der Waals surface area (Å²) in [4.78, 5) is 9.18. The molecule has 0 saturated heterocycles. The van der Waals surface area contributed by atoms with E-state index in [1.54, 1.807) is 6.20 Å². The van der Waals surface area contributed by atoms with Crippen LogP contribution in [-0.4, -0.2) is 59.2 Å². The normalized spacial score (nSPS) is 17.7. The average Bonchev–Trinajstić information content (AvgIpc) is 3.10. The van der Waals surface area contributed by atoms with Crippen LogP contribution in [0.5, 0.6) is 0 Å². The molecule has 2 aliphatic heterocycles. The number of alkyl halides is 2. The van der Waals surface area contributed by atoms with Crippen molar-refractivity contribution in [1.82, 2.24) is 19.9 Å². The van der Waals surface area contributed by atoms with Gasteiger partial charge in [-0.05, 0) is 19.8 Å². The molecule has 0 aliphatic carbocycles. The Morgan fingerprint density at radius 3 is 2.87 bits per heavy atom. The molecule has 0 spiro atoms. The minimum Gasteiger partial charge on any atom is -0.361 e. The van der Waals surface area contributed by atoms with Crippen LogP contribution in [0.4, 0.5) is 8.78 Å². The Hall–Kier alpha value is -2.12. The SMILES string of the molecule is Cc1cc(CCCCN2C=C3C(=NCN3C(F)F)N(C)C2)on1. The van der Waals surface area contributed by atoms with E-state index >= 15 is 0 Å². The van der Waals surface area contributed by atoms with E-state index in [0.717, 1.165) is 42.2 Å². The number of fused-ring (bicyclic) bond motifs is 1. The molecule has 0 unspecified atom stereocenters. The number of hydrogen-bond acceptors (Lipinski definition) is 6. The zero-order valence-electron chi connectivity index (χ0n) is 13.4. The van der Waals surface area contributed by atoms with Crippen LogP contribution >= 0.6 is 0 Å². The fraction of sp³-hybridized carbons (Fsp3) is 0.600. The summed E-state index contributed by atoms with van der Waals surface area (Å²) in [5, 5.41) is 3.86. The van der Waals surface area contributed by atoms with E-state index < -0.39 is 6.55 Å².